The molecule has 0 radical (unpaired) electrons. The number of anilines is 3. The summed E-state index contributed by atoms with van der Waals surface area (Å²) in [5, 5.41) is 2.95. The molecule has 6 rings (SSSR count). The van der Waals surface area contributed by atoms with Crippen LogP contribution in [0.2, 0.25) is 0 Å². The van der Waals surface area contributed by atoms with E-state index >= 15 is 0 Å². The number of nitrogens with zero attached hydrogens (tertiary/aromatic N) is 2. The van der Waals surface area contributed by atoms with Crippen LogP contribution in [-0.4, -0.2) is 38.1 Å². The van der Waals surface area contributed by atoms with Crippen molar-refractivity contribution in [1.82, 2.24) is 0 Å². The first kappa shape index (κ1) is 27.4. The minimum atomic E-state index is -1.23. The van der Waals surface area contributed by atoms with Crippen molar-refractivity contribution in [2.75, 3.05) is 41.3 Å². The molecule has 0 aromatic heterocycles. The van der Waals surface area contributed by atoms with E-state index in [1.165, 1.54) is 0 Å². The first-order chi connectivity index (χ1) is 20.4. The first-order valence-electron chi connectivity index (χ1n) is 14.6. The number of esters is 1. The van der Waals surface area contributed by atoms with Crippen LogP contribution in [0.4, 0.5) is 17.1 Å². The average molecular weight is 562 g/mol. The van der Waals surface area contributed by atoms with Crippen LogP contribution in [0.15, 0.2) is 84.9 Å². The highest BCUT2D eigenvalue weighted by molar-refractivity contribution is 6.10. The summed E-state index contributed by atoms with van der Waals surface area (Å²) in [6.45, 7) is 11.9. The molecule has 214 valence electrons. The van der Waals surface area contributed by atoms with Crippen molar-refractivity contribution in [3.63, 3.8) is 0 Å². The van der Waals surface area contributed by atoms with Crippen molar-refractivity contribution in [2.45, 2.75) is 33.3 Å². The Labute approximate surface area is 246 Å². The van der Waals surface area contributed by atoms with Gasteiger partial charge in [0, 0.05) is 71.9 Å². The Hall–Kier alpha value is -4.78. The largest absolute Gasteiger partial charge is 0.456 e. The van der Waals surface area contributed by atoms with E-state index in [0.717, 1.165) is 48.7 Å². The van der Waals surface area contributed by atoms with E-state index < -0.39 is 11.6 Å². The third kappa shape index (κ3) is 4.28. The molecule has 0 aliphatic carbocycles. The van der Waals surface area contributed by atoms with E-state index in [4.69, 9.17) is 9.47 Å². The van der Waals surface area contributed by atoms with Gasteiger partial charge in [-0.1, -0.05) is 30.3 Å². The lowest BCUT2D eigenvalue weighted by Gasteiger charge is -2.38. The van der Waals surface area contributed by atoms with E-state index in [1.54, 1.807) is 18.2 Å². The molecule has 0 bridgehead atoms. The third-order valence-electron chi connectivity index (χ3n) is 8.34. The number of hydrogen-bond donors (Lipinski definition) is 1. The van der Waals surface area contributed by atoms with E-state index in [2.05, 4.69) is 54.9 Å². The molecule has 4 aromatic carbocycles. The number of rotatable bonds is 8. The van der Waals surface area contributed by atoms with Gasteiger partial charge in [0.2, 0.25) is 0 Å². The Morgan fingerprint density at radius 3 is 1.83 bits per heavy atom. The minimum absolute atomic E-state index is 0.293. The van der Waals surface area contributed by atoms with Gasteiger partial charge in [-0.05, 0) is 70.2 Å². The minimum Gasteiger partial charge on any atom is -0.456 e. The number of ether oxygens (including phenoxy) is 2. The number of amides is 1. The lowest BCUT2D eigenvalue weighted by molar-refractivity contribution is 0.0225. The fourth-order valence-corrected chi connectivity index (χ4v) is 6.21. The maximum absolute atomic E-state index is 13.8. The molecule has 1 amide bonds. The van der Waals surface area contributed by atoms with Gasteiger partial charge in [0.25, 0.3) is 5.91 Å². The second-order valence-electron chi connectivity index (χ2n) is 10.4. The van der Waals surface area contributed by atoms with Gasteiger partial charge in [-0.15, -0.1) is 0 Å². The molecule has 7 heteroatoms. The standard InChI is InChI=1S/C35H35N3O4/c1-5-37(6-2)24-17-19-26-30(21-24)41-31-22-25(38(7-3)8-4)18-20-27(31)35(26)28-15-12-16-29(32(28)34(40)42-35)36-33(39)23-13-10-9-11-14-23/h9-22H,5-8H2,1-4H3,(H,36,39). The van der Waals surface area contributed by atoms with E-state index in [1.807, 2.05) is 54.6 Å². The lowest BCUT2D eigenvalue weighted by Crippen LogP contribution is -2.33. The lowest BCUT2D eigenvalue weighted by atomic mass is 9.77. The van der Waals surface area contributed by atoms with Crippen molar-refractivity contribution in [1.29, 1.82) is 0 Å². The number of hydrogen-bond acceptors (Lipinski definition) is 6. The molecule has 2 heterocycles. The maximum atomic E-state index is 13.8. The molecule has 2 aliphatic rings. The van der Waals surface area contributed by atoms with Gasteiger partial charge in [-0.2, -0.15) is 0 Å². The summed E-state index contributed by atoms with van der Waals surface area (Å²) in [4.78, 5) is 31.4. The highest BCUT2D eigenvalue weighted by atomic mass is 16.6. The molecule has 42 heavy (non-hydrogen) atoms. The maximum Gasteiger partial charge on any atom is 0.342 e. The Bertz CT molecular complexity index is 1600. The van der Waals surface area contributed by atoms with Gasteiger partial charge < -0.3 is 24.6 Å². The number of nitrogens with one attached hydrogen (secondary N) is 1. The summed E-state index contributed by atoms with van der Waals surface area (Å²) in [7, 11) is 0. The number of carbonyl (C=O) groups is 2. The molecule has 0 atom stereocenters. The smallest absolute Gasteiger partial charge is 0.342 e. The molecule has 0 saturated heterocycles. The summed E-state index contributed by atoms with van der Waals surface area (Å²) in [6.07, 6.45) is 0. The van der Waals surface area contributed by atoms with Gasteiger partial charge in [-0.3, -0.25) is 4.79 Å². The molecule has 0 fully saturated rings. The first-order valence-corrected chi connectivity index (χ1v) is 14.6. The molecular formula is C35H35N3O4. The molecule has 4 aromatic rings. The van der Waals surface area contributed by atoms with Gasteiger partial charge in [-0.25, -0.2) is 4.79 Å². The Morgan fingerprint density at radius 1 is 0.714 bits per heavy atom. The van der Waals surface area contributed by atoms with Crippen LogP contribution >= 0.6 is 0 Å². The molecule has 0 saturated carbocycles. The molecule has 2 aliphatic heterocycles. The average Bonchev–Trinajstić information content (AvgIpc) is 3.32. The van der Waals surface area contributed by atoms with Crippen LogP contribution in [0.25, 0.3) is 0 Å². The van der Waals surface area contributed by atoms with Gasteiger partial charge >= 0.3 is 5.97 Å². The predicted octanol–water partition coefficient (Wildman–Crippen LogP) is 7.20. The normalized spacial score (nSPS) is 13.9. The zero-order chi connectivity index (χ0) is 29.4. The van der Waals surface area contributed by atoms with Crippen LogP contribution < -0.4 is 19.9 Å². The Balaban J connectivity index is 1.54. The van der Waals surface area contributed by atoms with Crippen LogP contribution in [0.3, 0.4) is 0 Å². The van der Waals surface area contributed by atoms with E-state index in [9.17, 15) is 9.59 Å². The van der Waals surface area contributed by atoms with Crippen molar-refractivity contribution in [2.24, 2.45) is 0 Å². The molecule has 7 nitrogen and oxygen atoms in total. The van der Waals surface area contributed by atoms with E-state index in [-0.39, 0.29) is 5.91 Å². The van der Waals surface area contributed by atoms with Crippen LogP contribution in [-0.2, 0) is 10.3 Å². The van der Waals surface area contributed by atoms with Crippen molar-refractivity contribution in [3.8, 4) is 11.5 Å². The van der Waals surface area contributed by atoms with Crippen LogP contribution in [0, 0.1) is 0 Å². The van der Waals surface area contributed by atoms with Gasteiger partial charge in [0.15, 0.2) is 5.60 Å². The Morgan fingerprint density at radius 2 is 1.29 bits per heavy atom. The third-order valence-corrected chi connectivity index (χ3v) is 8.34. The predicted molar refractivity (Wildman–Crippen MR) is 166 cm³/mol. The summed E-state index contributed by atoms with van der Waals surface area (Å²) in [5.74, 6) is 0.498. The quantitative estimate of drug-likeness (QED) is 0.230. The SMILES string of the molecule is CCN(CC)c1ccc2c(c1)Oc1cc(N(CC)CC)ccc1C21OC(=O)c2c(NC(=O)c3ccccc3)cccc21. The highest BCUT2D eigenvalue weighted by Crippen LogP contribution is 2.58. The molecule has 1 spiro atoms. The highest BCUT2D eigenvalue weighted by Gasteiger charge is 2.54. The number of benzene rings is 4. The summed E-state index contributed by atoms with van der Waals surface area (Å²) in [6, 6.07) is 26.6. The molecular weight excluding hydrogens is 526 g/mol. The van der Waals surface area contributed by atoms with Crippen molar-refractivity contribution >= 4 is 28.9 Å². The monoisotopic (exact) mass is 561 g/mol. The van der Waals surface area contributed by atoms with Crippen molar-refractivity contribution < 1.29 is 19.1 Å². The summed E-state index contributed by atoms with van der Waals surface area (Å²) >= 11 is 0. The fraction of sp³-hybridized carbons (Fsp3) is 0.257. The number of carbonyl (C=O) groups excluding carboxylic acids is 2. The zero-order valence-corrected chi connectivity index (χ0v) is 24.4. The van der Waals surface area contributed by atoms with Gasteiger partial charge in [0.1, 0.15) is 11.5 Å². The van der Waals surface area contributed by atoms with Gasteiger partial charge in [0.05, 0.1) is 11.3 Å². The molecule has 0 unspecified atom stereocenters. The number of fused-ring (bicyclic) bond motifs is 6. The second kappa shape index (κ2) is 10.9. The summed E-state index contributed by atoms with van der Waals surface area (Å²) < 4.78 is 13.1. The zero-order valence-electron chi connectivity index (χ0n) is 24.4. The fourth-order valence-electron chi connectivity index (χ4n) is 6.21. The topological polar surface area (TPSA) is 71.1 Å². The van der Waals surface area contributed by atoms with Crippen LogP contribution in [0.1, 0.15) is 65.1 Å². The van der Waals surface area contributed by atoms with Crippen molar-refractivity contribution in [3.05, 3.63) is 113 Å². The molecule has 1 N–H and O–H groups in total. The second-order valence-corrected chi connectivity index (χ2v) is 10.4. The van der Waals surface area contributed by atoms with E-state index in [0.29, 0.717) is 33.9 Å². The Kier molecular flexibility index (Phi) is 7.11. The summed E-state index contributed by atoms with van der Waals surface area (Å²) in [5.41, 5.74) is 4.28. The van der Waals surface area contributed by atoms with Crippen LogP contribution in [0.5, 0.6) is 11.5 Å².